The van der Waals surface area contributed by atoms with Crippen molar-refractivity contribution >= 4 is 41.1 Å². The molecule has 0 bridgehead atoms. The summed E-state index contributed by atoms with van der Waals surface area (Å²) in [5.41, 5.74) is 0.0585. The third kappa shape index (κ3) is 3.85. The van der Waals surface area contributed by atoms with E-state index in [0.29, 0.717) is 24.1 Å². The molecule has 2 fully saturated rings. The predicted octanol–water partition coefficient (Wildman–Crippen LogP) is 2.80. The number of anilines is 1. The van der Waals surface area contributed by atoms with Crippen LogP contribution >= 0.6 is 11.8 Å². The number of amides is 4. The molecule has 1 spiro atoms. The zero-order valence-electron chi connectivity index (χ0n) is 15.5. The third-order valence-corrected chi connectivity index (χ3v) is 5.88. The number of carbonyl (C=O) groups excluding carboxylic acids is 4. The van der Waals surface area contributed by atoms with Crippen molar-refractivity contribution < 1.29 is 19.2 Å². The Balaban J connectivity index is 1.78. The van der Waals surface area contributed by atoms with Gasteiger partial charge in [-0.1, -0.05) is 25.3 Å². The van der Waals surface area contributed by atoms with E-state index in [4.69, 9.17) is 0 Å². The van der Waals surface area contributed by atoms with Crippen molar-refractivity contribution in [2.75, 3.05) is 18.1 Å². The number of urea groups is 1. The SMILES string of the molecule is CSc1ccc(C(=O)CN2C(=O)NC3(CCCCC3)C2=O)cc1NC(C)=O. The molecule has 7 nitrogen and oxygen atoms in total. The van der Waals surface area contributed by atoms with Crippen LogP contribution < -0.4 is 10.6 Å². The van der Waals surface area contributed by atoms with Crippen LogP contribution in [0.5, 0.6) is 0 Å². The van der Waals surface area contributed by atoms with Crippen molar-refractivity contribution in [3.63, 3.8) is 0 Å². The van der Waals surface area contributed by atoms with Gasteiger partial charge < -0.3 is 10.6 Å². The number of ketones is 1. The largest absolute Gasteiger partial charge is 0.325 e. The maximum absolute atomic E-state index is 12.8. The molecule has 2 N–H and O–H groups in total. The predicted molar refractivity (Wildman–Crippen MR) is 103 cm³/mol. The standard InChI is InChI=1S/C19H23N3O4S/c1-12(23)20-14-10-13(6-7-16(14)27-2)15(24)11-22-17(25)19(21-18(22)26)8-4-3-5-9-19/h6-7,10H,3-5,8-9,11H2,1-2H3,(H,20,23)(H,21,26). The van der Waals surface area contributed by atoms with Gasteiger partial charge in [0.15, 0.2) is 5.78 Å². The van der Waals surface area contributed by atoms with Crippen LogP contribution in [0, 0.1) is 0 Å². The fourth-order valence-corrected chi connectivity index (χ4v) is 4.25. The summed E-state index contributed by atoms with van der Waals surface area (Å²) in [6.45, 7) is 1.10. The van der Waals surface area contributed by atoms with Crippen LogP contribution in [0.25, 0.3) is 0 Å². The van der Waals surface area contributed by atoms with E-state index in [2.05, 4.69) is 10.6 Å². The van der Waals surface area contributed by atoms with Gasteiger partial charge in [-0.15, -0.1) is 11.8 Å². The van der Waals surface area contributed by atoms with Crippen LogP contribution in [0.15, 0.2) is 23.1 Å². The zero-order chi connectivity index (χ0) is 19.6. The van der Waals surface area contributed by atoms with E-state index in [9.17, 15) is 19.2 Å². The third-order valence-electron chi connectivity index (χ3n) is 5.09. The molecule has 1 aromatic rings. The van der Waals surface area contributed by atoms with Gasteiger partial charge in [-0.2, -0.15) is 0 Å². The molecule has 3 rings (SSSR count). The number of imide groups is 1. The minimum absolute atomic E-state index is 0.233. The van der Waals surface area contributed by atoms with Crippen LogP contribution in [-0.2, 0) is 9.59 Å². The average molecular weight is 389 g/mol. The Kier molecular flexibility index (Phi) is 5.55. The van der Waals surface area contributed by atoms with Gasteiger partial charge in [0, 0.05) is 17.4 Å². The number of hydrogen-bond acceptors (Lipinski definition) is 5. The van der Waals surface area contributed by atoms with E-state index in [1.165, 1.54) is 18.7 Å². The van der Waals surface area contributed by atoms with Crippen molar-refractivity contribution in [2.24, 2.45) is 0 Å². The second-order valence-electron chi connectivity index (χ2n) is 6.98. The number of Topliss-reactive ketones (excluding diaryl/α,β-unsaturated/α-hetero) is 1. The van der Waals surface area contributed by atoms with Crippen molar-refractivity contribution in [3.05, 3.63) is 23.8 Å². The summed E-state index contributed by atoms with van der Waals surface area (Å²) in [5.74, 6) is -0.878. The topological polar surface area (TPSA) is 95.6 Å². The van der Waals surface area contributed by atoms with Gasteiger partial charge in [0.1, 0.15) is 5.54 Å². The van der Waals surface area contributed by atoms with Gasteiger partial charge in [0.05, 0.1) is 12.2 Å². The summed E-state index contributed by atoms with van der Waals surface area (Å²) in [6.07, 6.45) is 5.96. The molecule has 0 atom stereocenters. The van der Waals surface area contributed by atoms with Gasteiger partial charge in [0.25, 0.3) is 5.91 Å². The second-order valence-corrected chi connectivity index (χ2v) is 7.83. The Labute approximate surface area is 162 Å². The highest BCUT2D eigenvalue weighted by atomic mass is 32.2. The molecule has 27 heavy (non-hydrogen) atoms. The van der Waals surface area contributed by atoms with E-state index in [-0.39, 0.29) is 24.1 Å². The molecular formula is C19H23N3O4S. The summed E-state index contributed by atoms with van der Waals surface area (Å²) in [6, 6.07) is 4.48. The fraction of sp³-hybridized carbons (Fsp3) is 0.474. The van der Waals surface area contributed by atoms with E-state index in [1.807, 2.05) is 6.26 Å². The number of nitrogens with zero attached hydrogens (tertiary/aromatic N) is 1. The molecule has 0 aromatic heterocycles. The lowest BCUT2D eigenvalue weighted by molar-refractivity contribution is -0.132. The van der Waals surface area contributed by atoms with Gasteiger partial charge in [-0.25, -0.2) is 4.79 Å². The molecule has 0 unspecified atom stereocenters. The quantitative estimate of drug-likeness (QED) is 0.459. The summed E-state index contributed by atoms with van der Waals surface area (Å²) in [4.78, 5) is 51.1. The van der Waals surface area contributed by atoms with E-state index in [0.717, 1.165) is 29.1 Å². The number of carbonyl (C=O) groups is 4. The molecule has 1 aliphatic heterocycles. The maximum Gasteiger partial charge on any atom is 0.325 e. The number of rotatable bonds is 5. The number of hydrogen-bond donors (Lipinski definition) is 2. The monoisotopic (exact) mass is 389 g/mol. The number of thioether (sulfide) groups is 1. The van der Waals surface area contributed by atoms with Crippen molar-refractivity contribution in [1.29, 1.82) is 0 Å². The Hall–Kier alpha value is -2.35. The Morgan fingerprint density at radius 1 is 1.22 bits per heavy atom. The number of nitrogens with one attached hydrogen (secondary N) is 2. The van der Waals surface area contributed by atoms with Crippen LogP contribution in [0.3, 0.4) is 0 Å². The molecule has 1 aromatic carbocycles. The molecule has 4 amide bonds. The highest BCUT2D eigenvalue weighted by molar-refractivity contribution is 7.98. The molecule has 144 valence electrons. The minimum atomic E-state index is -0.834. The van der Waals surface area contributed by atoms with Gasteiger partial charge in [0.2, 0.25) is 5.91 Å². The molecule has 2 aliphatic rings. The van der Waals surface area contributed by atoms with E-state index < -0.39 is 11.6 Å². The lowest BCUT2D eigenvalue weighted by atomic mass is 9.82. The number of benzene rings is 1. The van der Waals surface area contributed by atoms with Crippen LogP contribution in [0.2, 0.25) is 0 Å². The lowest BCUT2D eigenvalue weighted by Crippen LogP contribution is -2.48. The molecule has 8 heteroatoms. The first-order valence-electron chi connectivity index (χ1n) is 8.99. The van der Waals surface area contributed by atoms with Crippen molar-refractivity contribution in [2.45, 2.75) is 49.5 Å². The lowest BCUT2D eigenvalue weighted by Gasteiger charge is -2.30. The smallest absolute Gasteiger partial charge is 0.325 e. The normalized spacial score (nSPS) is 18.5. The minimum Gasteiger partial charge on any atom is -0.325 e. The zero-order valence-corrected chi connectivity index (χ0v) is 16.3. The summed E-state index contributed by atoms with van der Waals surface area (Å²) < 4.78 is 0. The molecule has 1 heterocycles. The van der Waals surface area contributed by atoms with Crippen molar-refractivity contribution in [3.8, 4) is 0 Å². The van der Waals surface area contributed by atoms with Gasteiger partial charge in [-0.3, -0.25) is 19.3 Å². The van der Waals surface area contributed by atoms with E-state index in [1.54, 1.807) is 18.2 Å². The fourth-order valence-electron chi connectivity index (χ4n) is 3.72. The summed E-state index contributed by atoms with van der Waals surface area (Å²) >= 11 is 1.45. The summed E-state index contributed by atoms with van der Waals surface area (Å²) in [5, 5.41) is 5.51. The first-order chi connectivity index (χ1) is 12.9. The first kappa shape index (κ1) is 19.4. The van der Waals surface area contributed by atoms with E-state index >= 15 is 0 Å². The van der Waals surface area contributed by atoms with Gasteiger partial charge in [-0.05, 0) is 31.2 Å². The second kappa shape index (κ2) is 7.72. The van der Waals surface area contributed by atoms with Crippen LogP contribution in [0.1, 0.15) is 49.4 Å². The summed E-state index contributed by atoms with van der Waals surface area (Å²) in [7, 11) is 0. The maximum atomic E-state index is 12.8. The highest BCUT2D eigenvalue weighted by Crippen LogP contribution is 2.34. The molecule has 1 saturated carbocycles. The Morgan fingerprint density at radius 3 is 2.56 bits per heavy atom. The molecule has 1 saturated heterocycles. The van der Waals surface area contributed by atoms with Crippen LogP contribution in [-0.4, -0.2) is 46.9 Å². The Bertz CT molecular complexity index is 802. The highest BCUT2D eigenvalue weighted by Gasteiger charge is 2.51. The first-order valence-corrected chi connectivity index (χ1v) is 10.2. The average Bonchev–Trinajstić information content (AvgIpc) is 2.85. The van der Waals surface area contributed by atoms with Crippen LogP contribution in [0.4, 0.5) is 10.5 Å². The molecule has 1 aliphatic carbocycles. The van der Waals surface area contributed by atoms with Crippen molar-refractivity contribution in [1.82, 2.24) is 10.2 Å². The Morgan fingerprint density at radius 2 is 1.93 bits per heavy atom. The molecular weight excluding hydrogens is 366 g/mol. The van der Waals surface area contributed by atoms with Gasteiger partial charge >= 0.3 is 6.03 Å². The molecule has 0 radical (unpaired) electrons.